The van der Waals surface area contributed by atoms with Crippen LogP contribution in [-0.2, 0) is 14.8 Å². The molecule has 1 N–H and O–H groups in total. The molecule has 166 valence electrons. The van der Waals surface area contributed by atoms with Gasteiger partial charge in [-0.15, -0.1) is 0 Å². The molecule has 3 rings (SSSR count). The first kappa shape index (κ1) is 22.6. The second-order valence-electron chi connectivity index (χ2n) is 7.14. The van der Waals surface area contributed by atoms with Gasteiger partial charge in [0.1, 0.15) is 18.0 Å². The average Bonchev–Trinajstić information content (AvgIpc) is 2.82. The summed E-state index contributed by atoms with van der Waals surface area (Å²) in [7, 11) is -1.11. The Kier molecular flexibility index (Phi) is 7.51. The van der Waals surface area contributed by atoms with E-state index >= 15 is 0 Å². The van der Waals surface area contributed by atoms with Crippen LogP contribution in [0.3, 0.4) is 0 Å². The van der Waals surface area contributed by atoms with E-state index in [0.29, 0.717) is 5.75 Å². The number of nitrogens with zero attached hydrogens (tertiary/aromatic N) is 2. The quantitative estimate of drug-likeness (QED) is 0.629. The average molecular weight is 446 g/mol. The molecular formula is C22H27N3O5S. The molecule has 0 bridgehead atoms. The van der Waals surface area contributed by atoms with Crippen molar-refractivity contribution >= 4 is 27.3 Å². The maximum Gasteiger partial charge on any atom is 0.264 e. The van der Waals surface area contributed by atoms with Crippen LogP contribution in [0.1, 0.15) is 32.1 Å². The van der Waals surface area contributed by atoms with Gasteiger partial charge in [-0.3, -0.25) is 9.10 Å². The fraction of sp³-hybridized carbons (Fsp3) is 0.364. The van der Waals surface area contributed by atoms with Gasteiger partial charge in [0, 0.05) is 11.8 Å². The number of amides is 1. The molecule has 0 atom stereocenters. The normalized spacial score (nSPS) is 13.9. The summed E-state index contributed by atoms with van der Waals surface area (Å²) in [5.74, 6) is 0.242. The van der Waals surface area contributed by atoms with Crippen LogP contribution in [0.25, 0.3) is 0 Å². The monoisotopic (exact) mass is 445 g/mol. The maximum absolute atomic E-state index is 13.4. The van der Waals surface area contributed by atoms with Gasteiger partial charge in [-0.05, 0) is 49.9 Å². The second kappa shape index (κ2) is 10.3. The first-order chi connectivity index (χ1) is 15.0. The van der Waals surface area contributed by atoms with Crippen LogP contribution in [0.4, 0.5) is 5.69 Å². The topological polar surface area (TPSA) is 97.3 Å². The van der Waals surface area contributed by atoms with Gasteiger partial charge in [-0.25, -0.2) is 13.8 Å². The van der Waals surface area contributed by atoms with Gasteiger partial charge in [0.15, 0.2) is 0 Å². The van der Waals surface area contributed by atoms with Gasteiger partial charge in [0.2, 0.25) is 0 Å². The fourth-order valence-corrected chi connectivity index (χ4v) is 4.84. The molecule has 0 unspecified atom stereocenters. The number of rotatable bonds is 8. The third-order valence-electron chi connectivity index (χ3n) is 5.04. The summed E-state index contributed by atoms with van der Waals surface area (Å²) in [4.78, 5) is 12.7. The van der Waals surface area contributed by atoms with Crippen LogP contribution in [0.5, 0.6) is 11.5 Å². The van der Waals surface area contributed by atoms with Crippen molar-refractivity contribution in [1.29, 1.82) is 0 Å². The number of benzene rings is 2. The van der Waals surface area contributed by atoms with Gasteiger partial charge in [-0.1, -0.05) is 24.6 Å². The lowest BCUT2D eigenvalue weighted by Gasteiger charge is -2.25. The number of carbonyl (C=O) groups is 1. The molecular weight excluding hydrogens is 418 g/mol. The molecule has 0 aliphatic heterocycles. The minimum Gasteiger partial charge on any atom is -0.497 e. The molecule has 2 aromatic rings. The Morgan fingerprint density at radius 1 is 1.03 bits per heavy atom. The highest BCUT2D eigenvalue weighted by Gasteiger charge is 2.29. The number of nitrogens with one attached hydrogen (secondary N) is 1. The van der Waals surface area contributed by atoms with Crippen molar-refractivity contribution in [3.05, 3.63) is 48.5 Å². The summed E-state index contributed by atoms with van der Waals surface area (Å²) in [5, 5.41) is 4.20. The van der Waals surface area contributed by atoms with Gasteiger partial charge >= 0.3 is 0 Å². The van der Waals surface area contributed by atoms with Gasteiger partial charge in [0.05, 0.1) is 24.8 Å². The van der Waals surface area contributed by atoms with Crippen LogP contribution in [-0.4, -0.2) is 40.8 Å². The highest BCUT2D eigenvalue weighted by molar-refractivity contribution is 7.92. The van der Waals surface area contributed by atoms with Crippen LogP contribution in [0.15, 0.2) is 58.5 Å². The van der Waals surface area contributed by atoms with E-state index in [1.54, 1.807) is 36.4 Å². The number of hydrazone groups is 1. The van der Waals surface area contributed by atoms with Gasteiger partial charge in [-0.2, -0.15) is 5.10 Å². The molecule has 1 aliphatic carbocycles. The molecule has 9 heteroatoms. The van der Waals surface area contributed by atoms with E-state index in [0.717, 1.165) is 42.1 Å². The number of ether oxygens (including phenoxy) is 2. The Hall–Kier alpha value is -3.07. The van der Waals surface area contributed by atoms with Crippen LogP contribution in [0, 0.1) is 0 Å². The van der Waals surface area contributed by atoms with E-state index in [-0.39, 0.29) is 16.3 Å². The largest absolute Gasteiger partial charge is 0.497 e. The number of sulfonamides is 1. The lowest BCUT2D eigenvalue weighted by atomic mass is 9.99. The van der Waals surface area contributed by atoms with Crippen molar-refractivity contribution in [3.8, 4) is 11.5 Å². The lowest BCUT2D eigenvalue weighted by Crippen LogP contribution is -2.40. The Labute approximate surface area is 182 Å². The SMILES string of the molecule is COc1ccc(N(CC(=O)NN=C2CCCCC2)S(=O)(=O)c2ccccc2)c(OC)c1. The molecule has 0 heterocycles. The number of carbonyl (C=O) groups excluding carboxylic acids is 1. The van der Waals surface area contributed by atoms with Crippen molar-refractivity contribution in [2.45, 2.75) is 37.0 Å². The first-order valence-electron chi connectivity index (χ1n) is 10.1. The van der Waals surface area contributed by atoms with Gasteiger partial charge < -0.3 is 9.47 Å². The van der Waals surface area contributed by atoms with E-state index in [2.05, 4.69) is 10.5 Å². The van der Waals surface area contributed by atoms with E-state index < -0.39 is 22.5 Å². The Morgan fingerprint density at radius 2 is 1.74 bits per heavy atom. The summed E-state index contributed by atoms with van der Waals surface area (Å²) < 4.78 is 38.5. The second-order valence-corrected chi connectivity index (χ2v) is 9.00. The zero-order valence-electron chi connectivity index (χ0n) is 17.7. The fourth-order valence-electron chi connectivity index (χ4n) is 3.39. The highest BCUT2D eigenvalue weighted by atomic mass is 32.2. The van der Waals surface area contributed by atoms with E-state index in [4.69, 9.17) is 9.47 Å². The van der Waals surface area contributed by atoms with Crippen molar-refractivity contribution < 1.29 is 22.7 Å². The lowest BCUT2D eigenvalue weighted by molar-refractivity contribution is -0.119. The van der Waals surface area contributed by atoms with Crippen LogP contribution < -0.4 is 19.2 Å². The van der Waals surface area contributed by atoms with Crippen molar-refractivity contribution in [3.63, 3.8) is 0 Å². The maximum atomic E-state index is 13.4. The minimum atomic E-state index is -4.04. The predicted molar refractivity (Wildman–Crippen MR) is 119 cm³/mol. The summed E-state index contributed by atoms with van der Waals surface area (Å²) in [6.45, 7) is -0.448. The van der Waals surface area contributed by atoms with E-state index in [9.17, 15) is 13.2 Å². The molecule has 1 fully saturated rings. The Balaban J connectivity index is 1.94. The third kappa shape index (κ3) is 5.55. The standard InChI is InChI=1S/C22H27N3O5S/c1-29-18-13-14-20(21(15-18)30-2)25(31(27,28)19-11-7-4-8-12-19)16-22(26)24-23-17-9-5-3-6-10-17/h4,7-8,11-15H,3,5-6,9-10,16H2,1-2H3,(H,24,26). The van der Waals surface area contributed by atoms with Crippen molar-refractivity contribution in [1.82, 2.24) is 5.43 Å². The molecule has 0 spiro atoms. The van der Waals surface area contributed by atoms with E-state index in [1.165, 1.54) is 26.4 Å². The van der Waals surface area contributed by atoms with Crippen molar-refractivity contribution in [2.75, 3.05) is 25.1 Å². The third-order valence-corrected chi connectivity index (χ3v) is 6.82. The Bertz CT molecular complexity index is 1030. The Morgan fingerprint density at radius 3 is 2.39 bits per heavy atom. The molecule has 1 amide bonds. The van der Waals surface area contributed by atoms with Crippen LogP contribution >= 0.6 is 0 Å². The number of methoxy groups -OCH3 is 2. The molecule has 0 saturated heterocycles. The van der Waals surface area contributed by atoms with E-state index in [1.807, 2.05) is 0 Å². The molecule has 1 saturated carbocycles. The van der Waals surface area contributed by atoms with Crippen molar-refractivity contribution in [2.24, 2.45) is 5.10 Å². The summed E-state index contributed by atoms with van der Waals surface area (Å²) in [6, 6.07) is 12.7. The zero-order chi connectivity index (χ0) is 22.3. The predicted octanol–water partition coefficient (Wildman–Crippen LogP) is 3.34. The van der Waals surface area contributed by atoms with Gasteiger partial charge in [0.25, 0.3) is 15.9 Å². The first-order valence-corrected chi connectivity index (χ1v) is 11.5. The van der Waals surface area contributed by atoms with Crippen LogP contribution in [0.2, 0.25) is 0 Å². The summed E-state index contributed by atoms with van der Waals surface area (Å²) in [5.41, 5.74) is 3.67. The number of hydrogen-bond acceptors (Lipinski definition) is 6. The molecule has 1 aliphatic rings. The zero-order valence-corrected chi connectivity index (χ0v) is 18.5. The molecule has 8 nitrogen and oxygen atoms in total. The summed E-state index contributed by atoms with van der Waals surface area (Å²) in [6.07, 6.45) is 4.95. The smallest absolute Gasteiger partial charge is 0.264 e. The highest BCUT2D eigenvalue weighted by Crippen LogP contribution is 2.35. The number of anilines is 1. The minimum absolute atomic E-state index is 0.0688. The molecule has 0 aromatic heterocycles. The molecule has 0 radical (unpaired) electrons. The molecule has 2 aromatic carbocycles. The summed E-state index contributed by atoms with van der Waals surface area (Å²) >= 11 is 0. The molecule has 31 heavy (non-hydrogen) atoms. The number of hydrogen-bond donors (Lipinski definition) is 1.